The molecule has 0 aliphatic heterocycles. The lowest BCUT2D eigenvalue weighted by molar-refractivity contribution is -0.131. The van der Waals surface area contributed by atoms with Crippen LogP contribution in [0.4, 0.5) is 0 Å². The van der Waals surface area contributed by atoms with Crippen molar-refractivity contribution in [3.63, 3.8) is 0 Å². The van der Waals surface area contributed by atoms with Crippen LogP contribution < -0.4 is 5.32 Å². The Balaban J connectivity index is 2.02. The predicted octanol–water partition coefficient (Wildman–Crippen LogP) is 2.07. The molecule has 0 atom stereocenters. The molecule has 0 unspecified atom stereocenters. The van der Waals surface area contributed by atoms with Crippen LogP contribution in [0.5, 0.6) is 0 Å². The maximum Gasteiger partial charge on any atom is 0.328 e. The Labute approximate surface area is 118 Å². The smallest absolute Gasteiger partial charge is 0.328 e. The van der Waals surface area contributed by atoms with E-state index in [4.69, 9.17) is 9.63 Å². The zero-order chi connectivity index (χ0) is 14.5. The first kappa shape index (κ1) is 14.0. The van der Waals surface area contributed by atoms with Crippen molar-refractivity contribution in [3.8, 4) is 0 Å². The molecule has 0 saturated heterocycles. The third-order valence-corrected chi connectivity index (χ3v) is 3.34. The highest BCUT2D eigenvalue weighted by Gasteiger charge is 2.12. The van der Waals surface area contributed by atoms with E-state index in [0.717, 1.165) is 11.8 Å². The number of carbonyl (C=O) groups is 2. The van der Waals surface area contributed by atoms with Crippen molar-refractivity contribution < 1.29 is 19.2 Å². The minimum atomic E-state index is -1.06. The molecule has 2 aromatic rings. The first-order valence-corrected chi connectivity index (χ1v) is 6.63. The average molecular weight is 292 g/mol. The molecule has 7 heteroatoms. The normalized spacial score (nSPS) is 10.8. The molecule has 0 aromatic carbocycles. The number of carboxylic acid groups (broad SMARTS) is 1. The van der Waals surface area contributed by atoms with E-state index in [1.807, 2.05) is 0 Å². The van der Waals surface area contributed by atoms with Crippen LogP contribution >= 0.6 is 11.3 Å². The minimum Gasteiger partial charge on any atom is -0.478 e. The van der Waals surface area contributed by atoms with Crippen LogP contribution in [0.2, 0.25) is 0 Å². The standard InChI is InChI=1S/C13H12N2O4S/c1-8-6-10(19-15-8)7-14-13(18)12-9(4-5-20-12)2-3-11(16)17/h2-6H,7H2,1H3,(H,14,18)(H,16,17). The van der Waals surface area contributed by atoms with Gasteiger partial charge in [-0.1, -0.05) is 5.16 Å². The molecule has 0 fully saturated rings. The molecule has 0 aliphatic carbocycles. The number of nitrogens with zero attached hydrogens (tertiary/aromatic N) is 1. The fraction of sp³-hybridized carbons (Fsp3) is 0.154. The van der Waals surface area contributed by atoms with E-state index in [0.29, 0.717) is 16.2 Å². The fourth-order valence-electron chi connectivity index (χ4n) is 1.54. The number of rotatable bonds is 5. The lowest BCUT2D eigenvalue weighted by atomic mass is 10.2. The zero-order valence-corrected chi connectivity index (χ0v) is 11.4. The summed E-state index contributed by atoms with van der Waals surface area (Å²) in [4.78, 5) is 22.9. The number of aliphatic carboxylic acids is 1. The van der Waals surface area contributed by atoms with Crippen molar-refractivity contribution in [2.24, 2.45) is 0 Å². The van der Waals surface area contributed by atoms with Gasteiger partial charge in [-0.15, -0.1) is 11.3 Å². The summed E-state index contributed by atoms with van der Waals surface area (Å²) in [5, 5.41) is 16.7. The molecular weight excluding hydrogens is 280 g/mol. The van der Waals surface area contributed by atoms with Crippen molar-refractivity contribution in [2.75, 3.05) is 0 Å². The first-order chi connectivity index (χ1) is 9.56. The van der Waals surface area contributed by atoms with Gasteiger partial charge in [0.2, 0.25) is 0 Å². The van der Waals surface area contributed by atoms with E-state index in [2.05, 4.69) is 10.5 Å². The third-order valence-electron chi connectivity index (χ3n) is 2.41. The first-order valence-electron chi connectivity index (χ1n) is 5.75. The topological polar surface area (TPSA) is 92.4 Å². The van der Waals surface area contributed by atoms with E-state index in [1.165, 1.54) is 17.4 Å². The summed E-state index contributed by atoms with van der Waals surface area (Å²) in [6.45, 7) is 2.03. The van der Waals surface area contributed by atoms with Gasteiger partial charge in [-0.3, -0.25) is 4.79 Å². The van der Waals surface area contributed by atoms with Crippen molar-refractivity contribution in [1.29, 1.82) is 0 Å². The van der Waals surface area contributed by atoms with Crippen molar-refractivity contribution in [3.05, 3.63) is 45.5 Å². The summed E-state index contributed by atoms with van der Waals surface area (Å²) in [6, 6.07) is 3.43. The van der Waals surface area contributed by atoms with Crippen LogP contribution in [-0.4, -0.2) is 22.1 Å². The molecule has 6 nitrogen and oxygen atoms in total. The Morgan fingerprint density at radius 1 is 1.55 bits per heavy atom. The summed E-state index contributed by atoms with van der Waals surface area (Å²) >= 11 is 1.25. The van der Waals surface area contributed by atoms with Crippen LogP contribution in [0.3, 0.4) is 0 Å². The van der Waals surface area contributed by atoms with Crippen LogP contribution in [0.25, 0.3) is 6.08 Å². The van der Waals surface area contributed by atoms with E-state index in [1.54, 1.807) is 24.4 Å². The molecule has 0 saturated carbocycles. The maximum atomic E-state index is 12.0. The Kier molecular flexibility index (Phi) is 4.31. The largest absolute Gasteiger partial charge is 0.478 e. The van der Waals surface area contributed by atoms with Crippen LogP contribution in [-0.2, 0) is 11.3 Å². The van der Waals surface area contributed by atoms with E-state index >= 15 is 0 Å². The number of hydrogen-bond acceptors (Lipinski definition) is 5. The molecule has 2 heterocycles. The monoisotopic (exact) mass is 292 g/mol. The maximum absolute atomic E-state index is 12.0. The molecule has 1 amide bonds. The van der Waals surface area contributed by atoms with Crippen molar-refractivity contribution in [1.82, 2.24) is 10.5 Å². The highest BCUT2D eigenvalue weighted by atomic mass is 32.1. The van der Waals surface area contributed by atoms with Gasteiger partial charge in [0.25, 0.3) is 5.91 Å². The highest BCUT2D eigenvalue weighted by Crippen LogP contribution is 2.18. The Bertz CT molecular complexity index is 657. The Morgan fingerprint density at radius 2 is 2.35 bits per heavy atom. The lowest BCUT2D eigenvalue weighted by Gasteiger charge is -2.01. The number of thiophene rings is 1. The number of hydrogen-bond donors (Lipinski definition) is 2. The predicted molar refractivity (Wildman–Crippen MR) is 73.4 cm³/mol. The summed E-state index contributed by atoms with van der Waals surface area (Å²) in [7, 11) is 0. The van der Waals surface area contributed by atoms with Crippen LogP contribution in [0.1, 0.15) is 26.7 Å². The fourth-order valence-corrected chi connectivity index (χ4v) is 2.35. The molecule has 20 heavy (non-hydrogen) atoms. The second kappa shape index (κ2) is 6.16. The van der Waals surface area contributed by atoms with E-state index in [9.17, 15) is 9.59 Å². The number of carboxylic acids is 1. The van der Waals surface area contributed by atoms with Gasteiger partial charge >= 0.3 is 5.97 Å². The number of amides is 1. The minimum absolute atomic E-state index is 0.236. The number of nitrogens with one attached hydrogen (secondary N) is 1. The van der Waals surface area contributed by atoms with Gasteiger partial charge in [-0.05, 0) is 30.0 Å². The van der Waals surface area contributed by atoms with Gasteiger partial charge in [0.15, 0.2) is 5.76 Å². The summed E-state index contributed by atoms with van der Waals surface area (Å²) < 4.78 is 4.99. The average Bonchev–Trinajstić information content (AvgIpc) is 3.02. The Hall–Kier alpha value is -2.41. The molecule has 104 valence electrons. The molecule has 0 bridgehead atoms. The van der Waals surface area contributed by atoms with Gasteiger partial charge in [-0.2, -0.15) is 0 Å². The SMILES string of the molecule is Cc1cc(CNC(=O)c2sccc2C=CC(=O)O)on1. The van der Waals surface area contributed by atoms with E-state index < -0.39 is 5.97 Å². The summed E-state index contributed by atoms with van der Waals surface area (Å²) in [5.74, 6) is -0.770. The highest BCUT2D eigenvalue weighted by molar-refractivity contribution is 7.12. The molecule has 2 aromatic heterocycles. The van der Waals surface area contributed by atoms with Crippen LogP contribution in [0.15, 0.2) is 28.1 Å². The molecule has 0 spiro atoms. The molecule has 2 rings (SSSR count). The zero-order valence-electron chi connectivity index (χ0n) is 10.6. The summed E-state index contributed by atoms with van der Waals surface area (Å²) in [5.41, 5.74) is 1.32. The van der Waals surface area contributed by atoms with Crippen molar-refractivity contribution >= 4 is 29.3 Å². The van der Waals surface area contributed by atoms with Crippen LogP contribution in [0, 0.1) is 6.92 Å². The van der Waals surface area contributed by atoms with Gasteiger partial charge in [0.1, 0.15) is 0 Å². The lowest BCUT2D eigenvalue weighted by Crippen LogP contribution is -2.22. The third kappa shape index (κ3) is 3.55. The number of aryl methyl sites for hydroxylation is 1. The number of aromatic nitrogens is 1. The van der Waals surface area contributed by atoms with Gasteiger partial charge in [0, 0.05) is 12.1 Å². The van der Waals surface area contributed by atoms with Gasteiger partial charge in [0.05, 0.1) is 17.1 Å². The van der Waals surface area contributed by atoms with Gasteiger partial charge < -0.3 is 14.9 Å². The van der Waals surface area contributed by atoms with Gasteiger partial charge in [-0.25, -0.2) is 4.79 Å². The molecular formula is C13H12N2O4S. The Morgan fingerprint density at radius 3 is 3.00 bits per heavy atom. The second-order valence-electron chi connectivity index (χ2n) is 3.99. The quantitative estimate of drug-likeness (QED) is 0.823. The second-order valence-corrected chi connectivity index (χ2v) is 4.91. The molecule has 2 N–H and O–H groups in total. The van der Waals surface area contributed by atoms with Crippen molar-refractivity contribution in [2.45, 2.75) is 13.5 Å². The number of carbonyl (C=O) groups excluding carboxylic acids is 1. The van der Waals surface area contributed by atoms with E-state index in [-0.39, 0.29) is 12.5 Å². The summed E-state index contributed by atoms with van der Waals surface area (Å²) in [6.07, 6.45) is 2.39. The molecule has 0 aliphatic rings. The molecule has 0 radical (unpaired) electrons.